The van der Waals surface area contributed by atoms with E-state index in [1.165, 1.54) is 13.2 Å². The van der Waals surface area contributed by atoms with E-state index in [0.29, 0.717) is 32.5 Å². The van der Waals surface area contributed by atoms with Crippen LogP contribution < -0.4 is 10.1 Å². The molecule has 8 nitrogen and oxygen atoms in total. The van der Waals surface area contributed by atoms with Crippen LogP contribution in [0.5, 0.6) is 5.75 Å². The van der Waals surface area contributed by atoms with E-state index < -0.39 is 16.4 Å². The van der Waals surface area contributed by atoms with Crippen LogP contribution in [-0.2, 0) is 4.74 Å². The lowest BCUT2D eigenvalue weighted by atomic mass is 10.0. The van der Waals surface area contributed by atoms with Crippen LogP contribution >= 0.6 is 0 Å². The molecule has 1 fully saturated rings. The van der Waals surface area contributed by atoms with E-state index in [1.54, 1.807) is 4.90 Å². The van der Waals surface area contributed by atoms with E-state index >= 15 is 0 Å². The summed E-state index contributed by atoms with van der Waals surface area (Å²) in [5.74, 6) is -0.487. The predicted octanol–water partition coefficient (Wildman–Crippen LogP) is 3.41. The first kappa shape index (κ1) is 19.7. The van der Waals surface area contributed by atoms with Crippen LogP contribution in [0.25, 0.3) is 0 Å². The van der Waals surface area contributed by atoms with Gasteiger partial charge in [0.1, 0.15) is 11.4 Å². The Morgan fingerprint density at radius 3 is 2.62 bits per heavy atom. The van der Waals surface area contributed by atoms with Crippen molar-refractivity contribution < 1.29 is 23.6 Å². The summed E-state index contributed by atoms with van der Waals surface area (Å²) in [6.07, 6.45) is 0.801. The van der Waals surface area contributed by atoms with Crippen LogP contribution in [0.3, 0.4) is 0 Å². The maximum Gasteiger partial charge on any atom is 0.409 e. The Bertz CT molecular complexity index is 660. The van der Waals surface area contributed by atoms with E-state index in [9.17, 15) is 19.3 Å². The Morgan fingerprint density at radius 2 is 2.08 bits per heavy atom. The van der Waals surface area contributed by atoms with Gasteiger partial charge in [0.15, 0.2) is 0 Å². The molecule has 1 N–H and O–H groups in total. The Hall–Kier alpha value is -2.58. The highest BCUT2D eigenvalue weighted by Gasteiger charge is 2.28. The molecule has 1 aliphatic rings. The zero-order valence-electron chi connectivity index (χ0n) is 15.2. The first-order chi connectivity index (χ1) is 12.3. The summed E-state index contributed by atoms with van der Waals surface area (Å²) in [5.41, 5.74) is -0.530. The number of nitrogens with zero attached hydrogens (tertiary/aromatic N) is 2. The summed E-state index contributed by atoms with van der Waals surface area (Å²) in [6, 6.07) is 2.27. The quantitative estimate of drug-likeness (QED) is 0.610. The van der Waals surface area contributed by atoms with Crippen LogP contribution in [0.2, 0.25) is 0 Å². The maximum atomic E-state index is 14.0. The highest BCUT2D eigenvalue weighted by molar-refractivity contribution is 5.68. The van der Waals surface area contributed by atoms with Crippen molar-refractivity contribution in [3.8, 4) is 5.75 Å². The van der Waals surface area contributed by atoms with Crippen LogP contribution in [-0.4, -0.2) is 48.8 Å². The molecule has 9 heteroatoms. The van der Waals surface area contributed by atoms with Crippen molar-refractivity contribution in [3.05, 3.63) is 28.1 Å². The van der Waals surface area contributed by atoms with Gasteiger partial charge in [-0.05, 0) is 18.8 Å². The van der Waals surface area contributed by atoms with E-state index in [-0.39, 0.29) is 29.5 Å². The van der Waals surface area contributed by atoms with Gasteiger partial charge in [0.2, 0.25) is 5.82 Å². The number of rotatable bonds is 6. The summed E-state index contributed by atoms with van der Waals surface area (Å²) in [4.78, 5) is 24.0. The Kier molecular flexibility index (Phi) is 6.59. The number of nitrogens with one attached hydrogen (secondary N) is 1. The van der Waals surface area contributed by atoms with Gasteiger partial charge in [-0.1, -0.05) is 13.8 Å². The van der Waals surface area contributed by atoms with Gasteiger partial charge in [-0.3, -0.25) is 10.1 Å². The van der Waals surface area contributed by atoms with Crippen molar-refractivity contribution in [1.82, 2.24) is 4.90 Å². The van der Waals surface area contributed by atoms with Gasteiger partial charge >= 0.3 is 11.8 Å². The summed E-state index contributed by atoms with van der Waals surface area (Å²) < 4.78 is 24.2. The molecule has 1 aliphatic heterocycles. The number of nitro benzene ring substituents is 1. The first-order valence-electron chi connectivity index (χ1n) is 8.52. The molecule has 0 aliphatic carbocycles. The van der Waals surface area contributed by atoms with Gasteiger partial charge in [0, 0.05) is 31.3 Å². The minimum absolute atomic E-state index is 0.0766. The van der Waals surface area contributed by atoms with Crippen LogP contribution in [0, 0.1) is 21.8 Å². The highest BCUT2D eigenvalue weighted by atomic mass is 19.1. The second-order valence-corrected chi connectivity index (χ2v) is 6.64. The third kappa shape index (κ3) is 4.96. The Morgan fingerprint density at radius 1 is 1.42 bits per heavy atom. The lowest BCUT2D eigenvalue weighted by molar-refractivity contribution is -0.386. The number of methoxy groups -OCH3 is 1. The summed E-state index contributed by atoms with van der Waals surface area (Å²) in [5, 5.41) is 14.2. The van der Waals surface area contributed by atoms with E-state index in [0.717, 1.165) is 6.07 Å². The van der Waals surface area contributed by atoms with Crippen molar-refractivity contribution in [2.75, 3.05) is 32.1 Å². The zero-order valence-corrected chi connectivity index (χ0v) is 15.2. The lowest BCUT2D eigenvalue weighted by Crippen LogP contribution is -2.43. The molecule has 0 unspecified atom stereocenters. The molecule has 26 heavy (non-hydrogen) atoms. The van der Waals surface area contributed by atoms with Crippen molar-refractivity contribution in [2.45, 2.75) is 32.7 Å². The minimum atomic E-state index is -0.952. The molecule has 1 saturated heterocycles. The third-order valence-corrected chi connectivity index (χ3v) is 4.11. The number of hydrogen-bond acceptors (Lipinski definition) is 6. The summed E-state index contributed by atoms with van der Waals surface area (Å²) >= 11 is 0. The number of likely N-dealkylation sites (tertiary alicyclic amines) is 1. The number of nitro groups is 1. The number of benzene rings is 1. The second-order valence-electron chi connectivity index (χ2n) is 6.64. The van der Waals surface area contributed by atoms with E-state index in [4.69, 9.17) is 9.47 Å². The monoisotopic (exact) mass is 369 g/mol. The normalized spacial score (nSPS) is 15.0. The fourth-order valence-electron chi connectivity index (χ4n) is 2.74. The Balaban J connectivity index is 2.00. The highest BCUT2D eigenvalue weighted by Crippen LogP contribution is 2.33. The fraction of sp³-hybridized carbons (Fsp3) is 0.588. The van der Waals surface area contributed by atoms with Gasteiger partial charge in [-0.25, -0.2) is 4.79 Å². The molecule has 0 radical (unpaired) electrons. The second kappa shape index (κ2) is 8.68. The number of anilines is 1. The van der Waals surface area contributed by atoms with Crippen LogP contribution in [0.4, 0.5) is 20.6 Å². The molecule has 0 atom stereocenters. The molecule has 0 spiro atoms. The average molecular weight is 369 g/mol. The number of carbonyl (C=O) groups is 1. The molecule has 0 saturated carbocycles. The summed E-state index contributed by atoms with van der Waals surface area (Å²) in [6.45, 7) is 5.23. The van der Waals surface area contributed by atoms with Crippen molar-refractivity contribution >= 4 is 17.5 Å². The molecule has 1 heterocycles. The third-order valence-electron chi connectivity index (χ3n) is 4.11. The molecule has 1 amide bonds. The molecule has 2 rings (SSSR count). The van der Waals surface area contributed by atoms with Gasteiger partial charge in [0.05, 0.1) is 18.6 Å². The van der Waals surface area contributed by atoms with Crippen molar-refractivity contribution in [1.29, 1.82) is 0 Å². The molecular formula is C17H24FN3O5. The largest absolute Gasteiger partial charge is 0.497 e. The zero-order chi connectivity index (χ0) is 19.3. The molecular weight excluding hydrogens is 345 g/mol. The predicted molar refractivity (Wildman–Crippen MR) is 94.0 cm³/mol. The summed E-state index contributed by atoms with van der Waals surface area (Å²) in [7, 11) is 1.37. The van der Waals surface area contributed by atoms with E-state index in [1.807, 2.05) is 13.8 Å². The van der Waals surface area contributed by atoms with Crippen molar-refractivity contribution in [2.24, 2.45) is 5.92 Å². The first-order valence-corrected chi connectivity index (χ1v) is 8.52. The Labute approximate surface area is 151 Å². The number of ether oxygens (including phenoxy) is 2. The topological polar surface area (TPSA) is 93.9 Å². The van der Waals surface area contributed by atoms with Gasteiger partial charge < -0.3 is 19.7 Å². The molecule has 0 aromatic heterocycles. The van der Waals surface area contributed by atoms with Crippen LogP contribution in [0.1, 0.15) is 26.7 Å². The van der Waals surface area contributed by atoms with Gasteiger partial charge in [-0.2, -0.15) is 4.39 Å². The minimum Gasteiger partial charge on any atom is -0.497 e. The molecule has 1 aromatic rings. The smallest absolute Gasteiger partial charge is 0.409 e. The number of halogens is 1. The number of amides is 1. The standard InChI is InChI=1S/C17H24FN3O5/c1-11(2)10-26-17(22)20-6-4-12(5-7-20)19-15-9-13(25-3)8-14(18)16(15)21(23)24/h8-9,11-12,19H,4-7,10H2,1-3H3. The molecule has 1 aromatic carbocycles. The SMILES string of the molecule is COc1cc(F)c([N+](=O)[O-])c(NC2CCN(C(=O)OCC(C)C)CC2)c1. The number of hydrogen-bond donors (Lipinski definition) is 1. The van der Waals surface area contributed by atoms with Gasteiger partial charge in [-0.15, -0.1) is 0 Å². The fourth-order valence-corrected chi connectivity index (χ4v) is 2.74. The lowest BCUT2D eigenvalue weighted by Gasteiger charge is -2.32. The number of piperidine rings is 1. The number of carbonyl (C=O) groups excluding carboxylic acids is 1. The maximum absolute atomic E-state index is 14.0. The average Bonchev–Trinajstić information content (AvgIpc) is 2.59. The van der Waals surface area contributed by atoms with Gasteiger partial charge in [0.25, 0.3) is 0 Å². The van der Waals surface area contributed by atoms with E-state index in [2.05, 4.69) is 5.32 Å². The van der Waals surface area contributed by atoms with Crippen LogP contribution in [0.15, 0.2) is 12.1 Å². The van der Waals surface area contributed by atoms with Crippen molar-refractivity contribution in [3.63, 3.8) is 0 Å². The molecule has 0 bridgehead atoms. The molecule has 144 valence electrons.